The Labute approximate surface area is 145 Å². The number of benzene rings is 1. The molecule has 0 fully saturated rings. The zero-order chi connectivity index (χ0) is 16.2. The molecular formula is C14H9Cl2N5OS. The van der Waals surface area contributed by atoms with Crippen molar-refractivity contribution in [2.24, 2.45) is 0 Å². The number of anilines is 3. The molecule has 0 saturated heterocycles. The van der Waals surface area contributed by atoms with Crippen molar-refractivity contribution in [2.75, 3.05) is 10.6 Å². The van der Waals surface area contributed by atoms with Gasteiger partial charge >= 0.3 is 0 Å². The molecule has 3 rings (SSSR count). The van der Waals surface area contributed by atoms with Gasteiger partial charge in [-0.3, -0.25) is 4.79 Å². The van der Waals surface area contributed by atoms with Gasteiger partial charge in [0.1, 0.15) is 5.69 Å². The molecule has 0 bridgehead atoms. The Morgan fingerprint density at radius 2 is 1.91 bits per heavy atom. The topological polar surface area (TPSA) is 79.8 Å². The molecule has 0 aliphatic rings. The van der Waals surface area contributed by atoms with Gasteiger partial charge in [0.2, 0.25) is 5.95 Å². The first-order valence-corrected chi connectivity index (χ1v) is 8.01. The Morgan fingerprint density at radius 3 is 2.65 bits per heavy atom. The second-order valence-electron chi connectivity index (χ2n) is 4.32. The fourth-order valence-corrected chi connectivity index (χ4v) is 2.65. The summed E-state index contributed by atoms with van der Waals surface area (Å²) in [6, 6.07) is 6.56. The summed E-state index contributed by atoms with van der Waals surface area (Å²) in [6.45, 7) is 0. The number of amides is 1. The quantitative estimate of drug-likeness (QED) is 0.722. The van der Waals surface area contributed by atoms with Gasteiger partial charge in [0.05, 0.1) is 10.0 Å². The summed E-state index contributed by atoms with van der Waals surface area (Å²) in [5.41, 5.74) is 0.817. The second kappa shape index (κ2) is 6.91. The zero-order valence-corrected chi connectivity index (χ0v) is 13.8. The normalized spacial score (nSPS) is 10.3. The number of aromatic nitrogens is 3. The Hall–Kier alpha value is -2.22. The number of nitrogens with zero attached hydrogens (tertiary/aromatic N) is 3. The fourth-order valence-electron chi connectivity index (χ4n) is 1.66. The highest BCUT2D eigenvalue weighted by Gasteiger charge is 2.12. The zero-order valence-electron chi connectivity index (χ0n) is 11.5. The monoisotopic (exact) mass is 365 g/mol. The highest BCUT2D eigenvalue weighted by molar-refractivity contribution is 7.14. The first-order chi connectivity index (χ1) is 11.1. The first-order valence-electron chi connectivity index (χ1n) is 6.38. The van der Waals surface area contributed by atoms with Crippen molar-refractivity contribution in [3.05, 3.63) is 57.8 Å². The number of hydrogen-bond acceptors (Lipinski definition) is 6. The smallest absolute Gasteiger partial charge is 0.275 e. The standard InChI is InChI=1S/C14H9Cl2N5OS/c15-9-3-2-8(6-10(9)16)19-12(22)11-7-23-14(20-11)21-13-17-4-1-5-18-13/h1-7H,(H,19,22)(H,17,18,20,21). The van der Waals surface area contributed by atoms with Gasteiger partial charge in [0, 0.05) is 23.5 Å². The third-order valence-corrected chi connectivity index (χ3v) is 4.20. The van der Waals surface area contributed by atoms with E-state index in [2.05, 4.69) is 25.6 Å². The maximum absolute atomic E-state index is 12.2. The van der Waals surface area contributed by atoms with Crippen LogP contribution < -0.4 is 10.6 Å². The molecule has 116 valence electrons. The molecule has 0 radical (unpaired) electrons. The van der Waals surface area contributed by atoms with Crippen molar-refractivity contribution >= 4 is 57.2 Å². The van der Waals surface area contributed by atoms with E-state index in [1.54, 1.807) is 42.0 Å². The molecule has 2 heterocycles. The number of carbonyl (C=O) groups is 1. The molecule has 6 nitrogen and oxygen atoms in total. The van der Waals surface area contributed by atoms with Crippen molar-refractivity contribution < 1.29 is 4.79 Å². The van der Waals surface area contributed by atoms with Crippen molar-refractivity contribution in [3.63, 3.8) is 0 Å². The molecule has 23 heavy (non-hydrogen) atoms. The highest BCUT2D eigenvalue weighted by atomic mass is 35.5. The van der Waals surface area contributed by atoms with Crippen LogP contribution in [0.25, 0.3) is 0 Å². The van der Waals surface area contributed by atoms with Crippen LogP contribution in [0, 0.1) is 0 Å². The molecule has 0 spiro atoms. The summed E-state index contributed by atoms with van der Waals surface area (Å²) in [4.78, 5) is 24.4. The maximum atomic E-state index is 12.2. The molecule has 0 unspecified atom stereocenters. The number of thiazole rings is 1. The SMILES string of the molecule is O=C(Nc1ccc(Cl)c(Cl)c1)c1csc(Nc2ncccn2)n1. The van der Waals surface area contributed by atoms with Crippen LogP contribution in [0.3, 0.4) is 0 Å². The molecule has 2 aromatic heterocycles. The number of halogens is 2. The van der Waals surface area contributed by atoms with E-state index in [1.807, 2.05) is 0 Å². The molecule has 0 aliphatic carbocycles. The van der Waals surface area contributed by atoms with E-state index in [0.29, 0.717) is 26.8 Å². The van der Waals surface area contributed by atoms with E-state index in [-0.39, 0.29) is 11.6 Å². The molecule has 1 amide bonds. The van der Waals surface area contributed by atoms with Gasteiger partial charge in [-0.25, -0.2) is 15.0 Å². The lowest BCUT2D eigenvalue weighted by molar-refractivity contribution is 0.102. The third-order valence-electron chi connectivity index (χ3n) is 2.70. The number of carbonyl (C=O) groups excluding carboxylic acids is 1. The molecule has 1 aromatic carbocycles. The molecule has 0 saturated carbocycles. The lowest BCUT2D eigenvalue weighted by atomic mass is 10.3. The average molecular weight is 366 g/mol. The lowest BCUT2D eigenvalue weighted by Crippen LogP contribution is -2.12. The molecule has 3 aromatic rings. The van der Waals surface area contributed by atoms with Crippen molar-refractivity contribution in [3.8, 4) is 0 Å². The largest absolute Gasteiger partial charge is 0.321 e. The van der Waals surface area contributed by atoms with Crippen LogP contribution >= 0.6 is 34.5 Å². The summed E-state index contributed by atoms with van der Waals surface area (Å²) < 4.78 is 0. The van der Waals surface area contributed by atoms with Gasteiger partial charge in [-0.15, -0.1) is 11.3 Å². The van der Waals surface area contributed by atoms with Crippen molar-refractivity contribution in [1.82, 2.24) is 15.0 Å². The summed E-state index contributed by atoms with van der Waals surface area (Å²) in [7, 11) is 0. The third kappa shape index (κ3) is 3.95. The number of rotatable bonds is 4. The van der Waals surface area contributed by atoms with Gasteiger partial charge in [0.15, 0.2) is 5.13 Å². The molecule has 9 heteroatoms. The first kappa shape index (κ1) is 15.7. The van der Waals surface area contributed by atoms with E-state index >= 15 is 0 Å². The summed E-state index contributed by atoms with van der Waals surface area (Å²) in [5.74, 6) is 0.0694. The van der Waals surface area contributed by atoms with Crippen molar-refractivity contribution in [1.29, 1.82) is 0 Å². The Balaban J connectivity index is 1.69. The predicted molar refractivity (Wildman–Crippen MR) is 91.8 cm³/mol. The van der Waals surface area contributed by atoms with Crippen LogP contribution in [0.15, 0.2) is 42.0 Å². The lowest BCUT2D eigenvalue weighted by Gasteiger charge is -2.04. The van der Waals surface area contributed by atoms with E-state index in [9.17, 15) is 4.79 Å². The molecule has 0 atom stereocenters. The van der Waals surface area contributed by atoms with Crippen LogP contribution in [0.4, 0.5) is 16.8 Å². The van der Waals surface area contributed by atoms with Crippen LogP contribution in [0.5, 0.6) is 0 Å². The summed E-state index contributed by atoms with van der Waals surface area (Å²) >= 11 is 13.0. The van der Waals surface area contributed by atoms with Crippen LogP contribution in [-0.4, -0.2) is 20.9 Å². The number of nitrogens with one attached hydrogen (secondary N) is 2. The second-order valence-corrected chi connectivity index (χ2v) is 5.99. The minimum absolute atomic E-state index is 0.277. The summed E-state index contributed by atoms with van der Waals surface area (Å²) in [6.07, 6.45) is 3.22. The minimum atomic E-state index is -0.346. The Morgan fingerprint density at radius 1 is 1.13 bits per heavy atom. The highest BCUT2D eigenvalue weighted by Crippen LogP contribution is 2.25. The Kier molecular flexibility index (Phi) is 4.71. The van der Waals surface area contributed by atoms with Gasteiger partial charge < -0.3 is 10.6 Å². The Bertz CT molecular complexity index is 840. The maximum Gasteiger partial charge on any atom is 0.275 e. The van der Waals surface area contributed by atoms with E-state index in [0.717, 1.165) is 0 Å². The van der Waals surface area contributed by atoms with E-state index < -0.39 is 0 Å². The van der Waals surface area contributed by atoms with Crippen LogP contribution in [0.1, 0.15) is 10.5 Å². The van der Waals surface area contributed by atoms with Gasteiger partial charge in [-0.2, -0.15) is 0 Å². The van der Waals surface area contributed by atoms with Gasteiger partial charge in [-0.05, 0) is 24.3 Å². The predicted octanol–water partition coefficient (Wildman–Crippen LogP) is 4.24. The van der Waals surface area contributed by atoms with E-state index in [4.69, 9.17) is 23.2 Å². The van der Waals surface area contributed by atoms with Gasteiger partial charge in [-0.1, -0.05) is 23.2 Å². The minimum Gasteiger partial charge on any atom is -0.321 e. The van der Waals surface area contributed by atoms with Gasteiger partial charge in [0.25, 0.3) is 5.91 Å². The molecule has 2 N–H and O–H groups in total. The fraction of sp³-hybridized carbons (Fsp3) is 0. The molecule has 0 aliphatic heterocycles. The van der Waals surface area contributed by atoms with E-state index in [1.165, 1.54) is 11.3 Å². The number of hydrogen-bond donors (Lipinski definition) is 2. The molecular weight excluding hydrogens is 357 g/mol. The average Bonchev–Trinajstić information content (AvgIpc) is 3.00. The van der Waals surface area contributed by atoms with Crippen LogP contribution in [0.2, 0.25) is 10.0 Å². The summed E-state index contributed by atoms with van der Waals surface area (Å²) in [5, 5.41) is 8.58. The van der Waals surface area contributed by atoms with Crippen LogP contribution in [-0.2, 0) is 0 Å². The van der Waals surface area contributed by atoms with Crippen molar-refractivity contribution in [2.45, 2.75) is 0 Å².